The molecule has 0 saturated carbocycles. The molecule has 0 spiro atoms. The maximum absolute atomic E-state index is 5.53. The van der Waals surface area contributed by atoms with Crippen LogP contribution in [0.2, 0.25) is 0 Å². The number of ether oxygens (including phenoxy) is 1. The van der Waals surface area contributed by atoms with Gasteiger partial charge >= 0.3 is 0 Å². The maximum Gasteiger partial charge on any atom is 0.225 e. The van der Waals surface area contributed by atoms with E-state index in [2.05, 4.69) is 36.3 Å². The summed E-state index contributed by atoms with van der Waals surface area (Å²) in [7, 11) is 1.87. The molecule has 1 aromatic heterocycles. The molecule has 3 heterocycles. The number of rotatable bonds is 4. The zero-order chi connectivity index (χ0) is 17.5. The lowest BCUT2D eigenvalue weighted by Gasteiger charge is -2.39. The van der Waals surface area contributed by atoms with Crippen LogP contribution < -0.4 is 10.2 Å². The summed E-state index contributed by atoms with van der Waals surface area (Å²) in [5, 5.41) is 3.60. The van der Waals surface area contributed by atoms with Gasteiger partial charge in [0.2, 0.25) is 5.95 Å². The maximum atomic E-state index is 5.53. The quantitative estimate of drug-likeness (QED) is 0.390. The minimum atomic E-state index is 0. The summed E-state index contributed by atoms with van der Waals surface area (Å²) in [5.41, 5.74) is 0. The van der Waals surface area contributed by atoms with Gasteiger partial charge in [-0.2, -0.15) is 11.8 Å². The Kier molecular flexibility index (Phi) is 8.68. The van der Waals surface area contributed by atoms with Crippen molar-refractivity contribution < 1.29 is 4.74 Å². The summed E-state index contributed by atoms with van der Waals surface area (Å²) < 4.78 is 5.79. The van der Waals surface area contributed by atoms with Gasteiger partial charge in [0.05, 0.1) is 0 Å². The first-order valence-corrected chi connectivity index (χ1v) is 10.1. The topological polar surface area (TPSA) is 65.9 Å². The number of piperazine rings is 1. The van der Waals surface area contributed by atoms with Gasteiger partial charge in [0.15, 0.2) is 5.96 Å². The molecular weight excluding hydrogens is 463 g/mol. The number of hydrogen-bond donors (Lipinski definition) is 1. The summed E-state index contributed by atoms with van der Waals surface area (Å²) in [4.78, 5) is 17.7. The lowest BCUT2D eigenvalue weighted by atomic mass is 9.99. The highest BCUT2D eigenvalue weighted by Crippen LogP contribution is 2.33. The largest absolute Gasteiger partial charge is 0.381 e. The van der Waals surface area contributed by atoms with Gasteiger partial charge in [-0.3, -0.25) is 4.99 Å². The molecule has 0 aromatic carbocycles. The molecule has 0 radical (unpaired) electrons. The van der Waals surface area contributed by atoms with Crippen LogP contribution in [0.3, 0.4) is 0 Å². The second-order valence-corrected chi connectivity index (χ2v) is 7.70. The predicted molar refractivity (Wildman–Crippen MR) is 119 cm³/mol. The number of anilines is 1. The zero-order valence-electron chi connectivity index (χ0n) is 15.6. The van der Waals surface area contributed by atoms with Crippen LogP contribution in [-0.4, -0.2) is 84.8 Å². The number of aromatic nitrogens is 2. The van der Waals surface area contributed by atoms with Gasteiger partial charge in [-0.25, -0.2) is 9.97 Å². The Hall–Kier alpha value is -0.810. The standard InChI is InChI=1S/C17H28N6OS.HI/c1-18-15(21-14-17(25-2)4-12-24-13-5-17)22-8-10-23(11-9-22)16-19-6-3-7-20-16;/h3,6-7H,4-5,8-14H2,1-2H3,(H,18,21);1H. The number of nitrogens with zero attached hydrogens (tertiary/aromatic N) is 5. The SMILES string of the molecule is CN=C(NCC1(SC)CCOCC1)N1CCN(c2ncccn2)CC1.I. The van der Waals surface area contributed by atoms with Crippen molar-refractivity contribution in [3.05, 3.63) is 18.5 Å². The molecule has 9 heteroatoms. The van der Waals surface area contributed by atoms with Gasteiger partial charge in [-0.15, -0.1) is 24.0 Å². The molecule has 0 amide bonds. The van der Waals surface area contributed by atoms with Crippen LogP contribution in [0, 0.1) is 0 Å². The van der Waals surface area contributed by atoms with Gasteiger partial charge in [-0.1, -0.05) is 0 Å². The molecule has 0 unspecified atom stereocenters. The summed E-state index contributed by atoms with van der Waals surface area (Å²) in [5.74, 6) is 1.81. The van der Waals surface area contributed by atoms with E-state index in [9.17, 15) is 0 Å². The minimum absolute atomic E-state index is 0. The Morgan fingerprint density at radius 2 is 1.88 bits per heavy atom. The summed E-state index contributed by atoms with van der Waals surface area (Å²) in [6.45, 7) is 6.32. The third kappa shape index (κ3) is 5.35. The third-order valence-corrected chi connectivity index (χ3v) is 6.45. The first-order valence-electron chi connectivity index (χ1n) is 8.87. The van der Waals surface area contributed by atoms with E-state index in [1.165, 1.54) is 0 Å². The number of guanidine groups is 1. The molecule has 2 aliphatic heterocycles. The molecule has 2 fully saturated rings. The van der Waals surface area contributed by atoms with Crippen LogP contribution in [0.5, 0.6) is 0 Å². The average molecular weight is 492 g/mol. The molecule has 0 aliphatic carbocycles. The second-order valence-electron chi connectivity index (χ2n) is 6.42. The highest BCUT2D eigenvalue weighted by molar-refractivity contribution is 14.0. The summed E-state index contributed by atoms with van der Waals surface area (Å²) in [6, 6.07) is 1.85. The fourth-order valence-corrected chi connectivity index (χ4v) is 4.13. The van der Waals surface area contributed by atoms with Crippen molar-refractivity contribution in [3.63, 3.8) is 0 Å². The lowest BCUT2D eigenvalue weighted by Crippen LogP contribution is -2.55. The highest BCUT2D eigenvalue weighted by Gasteiger charge is 2.32. The first-order chi connectivity index (χ1) is 12.3. The zero-order valence-corrected chi connectivity index (χ0v) is 18.7. The van der Waals surface area contributed by atoms with Gasteiger partial charge in [0, 0.05) is 70.1 Å². The van der Waals surface area contributed by atoms with E-state index in [1.54, 1.807) is 12.4 Å². The molecular formula is C17H29IN6OS. The molecule has 7 nitrogen and oxygen atoms in total. The molecule has 3 rings (SSSR count). The summed E-state index contributed by atoms with van der Waals surface area (Å²) in [6.07, 6.45) is 7.98. The van der Waals surface area contributed by atoms with Crippen LogP contribution in [0.4, 0.5) is 5.95 Å². The molecule has 2 aliphatic rings. The number of nitrogens with one attached hydrogen (secondary N) is 1. The Labute approximate surface area is 177 Å². The molecule has 26 heavy (non-hydrogen) atoms. The van der Waals surface area contributed by atoms with Gasteiger partial charge in [0.25, 0.3) is 0 Å². The highest BCUT2D eigenvalue weighted by atomic mass is 127. The monoisotopic (exact) mass is 492 g/mol. The van der Waals surface area contributed by atoms with E-state index in [4.69, 9.17) is 4.74 Å². The van der Waals surface area contributed by atoms with Crippen LogP contribution in [-0.2, 0) is 4.74 Å². The fraction of sp³-hybridized carbons (Fsp3) is 0.706. The number of thioether (sulfide) groups is 1. The molecule has 146 valence electrons. The Balaban J connectivity index is 0.00000243. The van der Waals surface area contributed by atoms with E-state index in [1.807, 2.05) is 24.9 Å². The molecule has 0 atom stereocenters. The average Bonchev–Trinajstić information content (AvgIpc) is 2.70. The van der Waals surface area contributed by atoms with Crippen LogP contribution >= 0.6 is 35.7 Å². The van der Waals surface area contributed by atoms with Crippen molar-refractivity contribution in [3.8, 4) is 0 Å². The van der Waals surface area contributed by atoms with E-state index in [0.717, 1.165) is 70.7 Å². The second kappa shape index (κ2) is 10.5. The molecule has 0 bridgehead atoms. The fourth-order valence-electron chi connectivity index (χ4n) is 3.34. The van der Waals surface area contributed by atoms with Crippen molar-refractivity contribution in [1.29, 1.82) is 0 Å². The van der Waals surface area contributed by atoms with Crippen LogP contribution in [0.15, 0.2) is 23.5 Å². The van der Waals surface area contributed by atoms with Crippen molar-refractivity contribution >= 4 is 47.6 Å². The van der Waals surface area contributed by atoms with Crippen molar-refractivity contribution in [1.82, 2.24) is 20.2 Å². The Morgan fingerprint density at radius 3 is 2.46 bits per heavy atom. The molecule has 1 aromatic rings. The van der Waals surface area contributed by atoms with Crippen LogP contribution in [0.25, 0.3) is 0 Å². The van der Waals surface area contributed by atoms with E-state index in [0.29, 0.717) is 0 Å². The van der Waals surface area contributed by atoms with Crippen molar-refractivity contribution in [2.24, 2.45) is 4.99 Å². The molecule has 2 saturated heterocycles. The third-order valence-electron chi connectivity index (χ3n) is 5.03. The minimum Gasteiger partial charge on any atom is -0.381 e. The van der Waals surface area contributed by atoms with Crippen LogP contribution in [0.1, 0.15) is 12.8 Å². The molecule has 1 N–H and O–H groups in total. The Bertz CT molecular complexity index is 562. The van der Waals surface area contributed by atoms with E-state index >= 15 is 0 Å². The van der Waals surface area contributed by atoms with Gasteiger partial charge in [0.1, 0.15) is 0 Å². The Morgan fingerprint density at radius 1 is 1.23 bits per heavy atom. The van der Waals surface area contributed by atoms with Gasteiger partial charge < -0.3 is 19.9 Å². The lowest BCUT2D eigenvalue weighted by molar-refractivity contribution is 0.0781. The first kappa shape index (κ1) is 21.5. The van der Waals surface area contributed by atoms with E-state index in [-0.39, 0.29) is 28.7 Å². The normalized spacial score (nSPS) is 20.5. The van der Waals surface area contributed by atoms with Crippen molar-refractivity contribution in [2.45, 2.75) is 17.6 Å². The van der Waals surface area contributed by atoms with Gasteiger partial charge in [-0.05, 0) is 25.2 Å². The predicted octanol–water partition coefficient (Wildman–Crippen LogP) is 1.70. The van der Waals surface area contributed by atoms with Crippen molar-refractivity contribution in [2.75, 3.05) is 64.1 Å². The van der Waals surface area contributed by atoms with E-state index < -0.39 is 0 Å². The number of aliphatic imine (C=N–C) groups is 1. The summed E-state index contributed by atoms with van der Waals surface area (Å²) >= 11 is 1.95. The smallest absolute Gasteiger partial charge is 0.225 e. The number of halogens is 1. The number of hydrogen-bond acceptors (Lipinski definition) is 6.